The number of para-hydroxylation sites is 1. The molecule has 19 heavy (non-hydrogen) atoms. The number of H-pyrrole nitrogens is 1. The number of benzene rings is 1. The van der Waals surface area contributed by atoms with Gasteiger partial charge in [-0.3, -0.25) is 5.10 Å². The van der Waals surface area contributed by atoms with Crippen molar-refractivity contribution >= 4 is 11.0 Å². The Labute approximate surface area is 111 Å². The Morgan fingerprint density at radius 3 is 2.95 bits per heavy atom. The summed E-state index contributed by atoms with van der Waals surface area (Å²) >= 11 is 0. The molecule has 0 saturated heterocycles. The van der Waals surface area contributed by atoms with Crippen LogP contribution in [-0.4, -0.2) is 10.2 Å². The molecule has 2 N–H and O–H groups in total. The number of furan rings is 1. The predicted octanol–water partition coefficient (Wildman–Crippen LogP) is 3.32. The van der Waals surface area contributed by atoms with Crippen molar-refractivity contribution in [3.8, 4) is 0 Å². The van der Waals surface area contributed by atoms with Gasteiger partial charge in [-0.1, -0.05) is 18.2 Å². The van der Waals surface area contributed by atoms with Crippen LogP contribution in [0.5, 0.6) is 0 Å². The molecule has 0 bridgehead atoms. The normalized spacial score (nSPS) is 12.9. The van der Waals surface area contributed by atoms with E-state index in [1.165, 1.54) is 5.56 Å². The van der Waals surface area contributed by atoms with Crippen molar-refractivity contribution in [3.63, 3.8) is 0 Å². The van der Waals surface area contributed by atoms with Crippen molar-refractivity contribution in [2.45, 2.75) is 26.4 Å². The van der Waals surface area contributed by atoms with Crippen LogP contribution in [0.3, 0.4) is 0 Å². The third-order valence-corrected chi connectivity index (χ3v) is 3.40. The smallest absolute Gasteiger partial charge is 0.134 e. The number of aryl methyl sites for hydroxylation is 1. The first-order valence-corrected chi connectivity index (χ1v) is 6.45. The molecule has 4 nitrogen and oxygen atoms in total. The zero-order chi connectivity index (χ0) is 13.2. The predicted molar refractivity (Wildman–Crippen MR) is 74.8 cm³/mol. The van der Waals surface area contributed by atoms with E-state index in [1.807, 2.05) is 31.3 Å². The van der Waals surface area contributed by atoms with E-state index in [2.05, 4.69) is 34.6 Å². The third-order valence-electron chi connectivity index (χ3n) is 3.40. The highest BCUT2D eigenvalue weighted by atomic mass is 16.3. The molecule has 0 radical (unpaired) electrons. The Bertz CT molecular complexity index is 650. The second-order valence-corrected chi connectivity index (χ2v) is 4.81. The molecule has 0 saturated carbocycles. The molecular formula is C15H17N3O. The molecule has 0 amide bonds. The molecule has 1 aromatic carbocycles. The molecule has 4 heteroatoms. The van der Waals surface area contributed by atoms with E-state index in [0.29, 0.717) is 0 Å². The maximum Gasteiger partial charge on any atom is 0.134 e. The summed E-state index contributed by atoms with van der Waals surface area (Å²) in [5.41, 5.74) is 3.22. The standard InChI is InChI=1S/C15H17N3O/c1-10-13(9-17-18-10)8-16-11(2)15-7-12-5-3-4-6-14(12)19-15/h3-7,9,11,16H,8H2,1-2H3,(H,17,18)/t11-/m1/s1. The molecule has 98 valence electrons. The summed E-state index contributed by atoms with van der Waals surface area (Å²) in [5, 5.41) is 11.6. The summed E-state index contributed by atoms with van der Waals surface area (Å²) < 4.78 is 5.84. The molecular weight excluding hydrogens is 238 g/mol. The molecule has 1 atom stereocenters. The van der Waals surface area contributed by atoms with Crippen LogP contribution < -0.4 is 5.32 Å². The Morgan fingerprint density at radius 1 is 1.37 bits per heavy atom. The molecule has 3 aromatic rings. The van der Waals surface area contributed by atoms with E-state index in [1.54, 1.807) is 0 Å². The van der Waals surface area contributed by atoms with Crippen LogP contribution in [0.1, 0.15) is 30.0 Å². The van der Waals surface area contributed by atoms with Crippen molar-refractivity contribution in [2.24, 2.45) is 0 Å². The van der Waals surface area contributed by atoms with Gasteiger partial charge in [-0.25, -0.2) is 0 Å². The summed E-state index contributed by atoms with van der Waals surface area (Å²) in [6.07, 6.45) is 1.85. The molecule has 0 fully saturated rings. The third kappa shape index (κ3) is 2.39. The van der Waals surface area contributed by atoms with Gasteiger partial charge >= 0.3 is 0 Å². The van der Waals surface area contributed by atoms with E-state index in [9.17, 15) is 0 Å². The van der Waals surface area contributed by atoms with Crippen LogP contribution in [0.4, 0.5) is 0 Å². The minimum absolute atomic E-state index is 0.168. The minimum Gasteiger partial charge on any atom is -0.459 e. The number of hydrogen-bond donors (Lipinski definition) is 2. The van der Waals surface area contributed by atoms with Crippen LogP contribution >= 0.6 is 0 Å². The van der Waals surface area contributed by atoms with Gasteiger partial charge in [-0.15, -0.1) is 0 Å². The van der Waals surface area contributed by atoms with Gasteiger partial charge in [0.15, 0.2) is 0 Å². The first-order valence-electron chi connectivity index (χ1n) is 6.45. The monoisotopic (exact) mass is 255 g/mol. The van der Waals surface area contributed by atoms with Gasteiger partial charge in [0, 0.05) is 23.2 Å². The number of aromatic amines is 1. The topological polar surface area (TPSA) is 53.9 Å². The van der Waals surface area contributed by atoms with Gasteiger partial charge in [-0.05, 0) is 26.0 Å². The van der Waals surface area contributed by atoms with Crippen LogP contribution in [-0.2, 0) is 6.54 Å². The maximum atomic E-state index is 5.84. The largest absolute Gasteiger partial charge is 0.459 e. The van der Waals surface area contributed by atoms with Crippen molar-refractivity contribution in [1.29, 1.82) is 0 Å². The minimum atomic E-state index is 0.168. The second kappa shape index (κ2) is 4.90. The van der Waals surface area contributed by atoms with Gasteiger partial charge in [-0.2, -0.15) is 5.10 Å². The molecule has 0 aliphatic heterocycles. The fourth-order valence-electron chi connectivity index (χ4n) is 2.13. The fraction of sp³-hybridized carbons (Fsp3) is 0.267. The van der Waals surface area contributed by atoms with Gasteiger partial charge in [0.1, 0.15) is 11.3 Å². The zero-order valence-corrected chi connectivity index (χ0v) is 11.1. The molecule has 2 heterocycles. The van der Waals surface area contributed by atoms with Crippen molar-refractivity contribution in [3.05, 3.63) is 53.5 Å². The molecule has 3 rings (SSSR count). The summed E-state index contributed by atoms with van der Waals surface area (Å²) in [7, 11) is 0. The van der Waals surface area contributed by atoms with E-state index >= 15 is 0 Å². The Kier molecular flexibility index (Phi) is 3.09. The first-order chi connectivity index (χ1) is 9.24. The Hall–Kier alpha value is -2.07. The number of hydrogen-bond acceptors (Lipinski definition) is 3. The van der Waals surface area contributed by atoms with Crippen LogP contribution in [0.2, 0.25) is 0 Å². The molecule has 0 aliphatic carbocycles. The van der Waals surface area contributed by atoms with E-state index in [4.69, 9.17) is 4.42 Å². The van der Waals surface area contributed by atoms with Gasteiger partial charge in [0.2, 0.25) is 0 Å². The molecule has 2 aromatic heterocycles. The number of nitrogens with zero attached hydrogens (tertiary/aromatic N) is 1. The fourth-order valence-corrected chi connectivity index (χ4v) is 2.13. The van der Waals surface area contributed by atoms with Gasteiger partial charge < -0.3 is 9.73 Å². The van der Waals surface area contributed by atoms with Crippen molar-refractivity contribution in [1.82, 2.24) is 15.5 Å². The number of rotatable bonds is 4. The number of aromatic nitrogens is 2. The van der Waals surface area contributed by atoms with Gasteiger partial charge in [0.05, 0.1) is 12.2 Å². The lowest BCUT2D eigenvalue weighted by Gasteiger charge is -2.10. The zero-order valence-electron chi connectivity index (χ0n) is 11.1. The van der Waals surface area contributed by atoms with Crippen molar-refractivity contribution < 1.29 is 4.42 Å². The Morgan fingerprint density at radius 2 is 2.21 bits per heavy atom. The first kappa shape index (κ1) is 12.0. The highest BCUT2D eigenvalue weighted by Crippen LogP contribution is 2.23. The Balaban J connectivity index is 1.73. The lowest BCUT2D eigenvalue weighted by molar-refractivity contribution is 0.450. The van der Waals surface area contributed by atoms with Crippen molar-refractivity contribution in [2.75, 3.05) is 0 Å². The van der Waals surface area contributed by atoms with Crippen LogP contribution in [0, 0.1) is 6.92 Å². The lowest BCUT2D eigenvalue weighted by Crippen LogP contribution is -2.17. The summed E-state index contributed by atoms with van der Waals surface area (Å²) in [6, 6.07) is 10.3. The van der Waals surface area contributed by atoms with Crippen LogP contribution in [0.15, 0.2) is 40.9 Å². The SMILES string of the molecule is Cc1[nH]ncc1CN[C@H](C)c1cc2ccccc2o1. The summed E-state index contributed by atoms with van der Waals surface area (Å²) in [5.74, 6) is 0.961. The lowest BCUT2D eigenvalue weighted by atomic mass is 10.2. The quantitative estimate of drug-likeness (QED) is 0.752. The molecule has 0 aliphatic rings. The summed E-state index contributed by atoms with van der Waals surface area (Å²) in [4.78, 5) is 0. The molecule has 0 unspecified atom stereocenters. The maximum absolute atomic E-state index is 5.84. The highest BCUT2D eigenvalue weighted by molar-refractivity contribution is 5.77. The summed E-state index contributed by atoms with van der Waals surface area (Å²) in [6.45, 7) is 4.91. The van der Waals surface area contributed by atoms with Gasteiger partial charge in [0.25, 0.3) is 0 Å². The van der Waals surface area contributed by atoms with E-state index in [-0.39, 0.29) is 6.04 Å². The molecule has 0 spiro atoms. The average Bonchev–Trinajstić information content (AvgIpc) is 3.01. The number of nitrogens with one attached hydrogen (secondary N) is 2. The number of fused-ring (bicyclic) bond motifs is 1. The van der Waals surface area contributed by atoms with E-state index < -0.39 is 0 Å². The van der Waals surface area contributed by atoms with E-state index in [0.717, 1.165) is 29.0 Å². The second-order valence-electron chi connectivity index (χ2n) is 4.81. The van der Waals surface area contributed by atoms with Crippen LogP contribution in [0.25, 0.3) is 11.0 Å². The highest BCUT2D eigenvalue weighted by Gasteiger charge is 2.11. The average molecular weight is 255 g/mol.